The summed E-state index contributed by atoms with van der Waals surface area (Å²) in [7, 11) is 2.11. The van der Waals surface area contributed by atoms with Crippen molar-refractivity contribution >= 4 is 17.4 Å². The largest absolute Gasteiger partial charge is 0.374 e. The Kier molecular flexibility index (Phi) is 5.58. The van der Waals surface area contributed by atoms with Gasteiger partial charge in [0, 0.05) is 50.5 Å². The molecule has 6 nitrogen and oxygen atoms in total. The van der Waals surface area contributed by atoms with Gasteiger partial charge in [-0.2, -0.15) is 0 Å². The summed E-state index contributed by atoms with van der Waals surface area (Å²) in [5.41, 5.74) is 3.44. The molecule has 2 amide bonds. The molecule has 1 aromatic carbocycles. The van der Waals surface area contributed by atoms with E-state index in [2.05, 4.69) is 44.3 Å². The summed E-state index contributed by atoms with van der Waals surface area (Å²) in [5.74, 6) is 1.03. The van der Waals surface area contributed by atoms with Crippen LogP contribution >= 0.6 is 0 Å². The second kappa shape index (κ2) is 8.05. The van der Waals surface area contributed by atoms with Crippen molar-refractivity contribution in [3.8, 4) is 0 Å². The maximum Gasteiger partial charge on any atom is 0.319 e. The summed E-state index contributed by atoms with van der Waals surface area (Å²) in [6.45, 7) is 4.71. The first-order chi connectivity index (χ1) is 12.1. The van der Waals surface area contributed by atoms with Gasteiger partial charge in [0.15, 0.2) is 0 Å². The standard InChI is InChI=1S/C19H27N5O/c1-15-20-10-13-24(15)12-4-3-9-21-19(25)22-17-7-8-18-16(14-17)6-5-11-23(18)2/h7-8,10,13-14H,3-6,9,11-12H2,1-2H3,(H2,21,22,25). The van der Waals surface area contributed by atoms with E-state index < -0.39 is 0 Å². The van der Waals surface area contributed by atoms with E-state index in [9.17, 15) is 4.79 Å². The monoisotopic (exact) mass is 341 g/mol. The average molecular weight is 341 g/mol. The van der Waals surface area contributed by atoms with E-state index in [1.54, 1.807) is 0 Å². The summed E-state index contributed by atoms with van der Waals surface area (Å²) in [4.78, 5) is 18.5. The molecule has 1 aliphatic heterocycles. The Hall–Kier alpha value is -2.50. The van der Waals surface area contributed by atoms with E-state index in [0.29, 0.717) is 6.54 Å². The highest BCUT2D eigenvalue weighted by atomic mass is 16.2. The lowest BCUT2D eigenvalue weighted by atomic mass is 10.0. The molecule has 0 aliphatic carbocycles. The maximum absolute atomic E-state index is 12.0. The molecule has 0 radical (unpaired) electrons. The third kappa shape index (κ3) is 4.53. The van der Waals surface area contributed by atoms with Crippen LogP contribution in [0.5, 0.6) is 0 Å². The second-order valence-electron chi connectivity index (χ2n) is 6.62. The maximum atomic E-state index is 12.0. The molecule has 2 aromatic rings. The van der Waals surface area contributed by atoms with Crippen molar-refractivity contribution in [2.24, 2.45) is 0 Å². The molecule has 0 unspecified atom stereocenters. The fourth-order valence-corrected chi connectivity index (χ4v) is 3.29. The summed E-state index contributed by atoms with van der Waals surface area (Å²) in [6, 6.07) is 6.02. The number of rotatable bonds is 6. The van der Waals surface area contributed by atoms with E-state index in [0.717, 1.165) is 50.3 Å². The number of urea groups is 1. The van der Waals surface area contributed by atoms with Crippen LogP contribution in [0.4, 0.5) is 16.2 Å². The van der Waals surface area contributed by atoms with Crippen LogP contribution in [0.15, 0.2) is 30.6 Å². The minimum Gasteiger partial charge on any atom is -0.374 e. The average Bonchev–Trinajstić information content (AvgIpc) is 3.00. The number of carbonyl (C=O) groups excluding carboxylic acids is 1. The first-order valence-electron chi connectivity index (χ1n) is 9.00. The molecule has 0 saturated heterocycles. The Morgan fingerprint density at radius 1 is 1.32 bits per heavy atom. The predicted molar refractivity (Wildman–Crippen MR) is 101 cm³/mol. The Morgan fingerprint density at radius 2 is 2.20 bits per heavy atom. The van der Waals surface area contributed by atoms with E-state index in [-0.39, 0.29) is 6.03 Å². The molecule has 3 rings (SSSR count). The van der Waals surface area contributed by atoms with Crippen molar-refractivity contribution in [1.29, 1.82) is 0 Å². The number of nitrogens with zero attached hydrogens (tertiary/aromatic N) is 3. The fourth-order valence-electron chi connectivity index (χ4n) is 3.29. The molecular formula is C19H27N5O. The van der Waals surface area contributed by atoms with Gasteiger partial charge in [0.05, 0.1) is 0 Å². The normalized spacial score (nSPS) is 13.4. The van der Waals surface area contributed by atoms with Gasteiger partial charge in [-0.15, -0.1) is 0 Å². The Bertz CT molecular complexity index is 724. The number of fused-ring (bicyclic) bond motifs is 1. The lowest BCUT2D eigenvalue weighted by Crippen LogP contribution is -2.30. The molecule has 0 spiro atoms. The van der Waals surface area contributed by atoms with Crippen LogP contribution in [0.1, 0.15) is 30.7 Å². The number of benzene rings is 1. The molecule has 6 heteroatoms. The molecule has 1 aliphatic rings. The molecule has 1 aromatic heterocycles. The molecule has 0 fully saturated rings. The van der Waals surface area contributed by atoms with Gasteiger partial charge in [-0.25, -0.2) is 9.78 Å². The molecule has 2 N–H and O–H groups in total. The molecule has 134 valence electrons. The first-order valence-corrected chi connectivity index (χ1v) is 9.00. The summed E-state index contributed by atoms with van der Waals surface area (Å²) in [5, 5.41) is 5.87. The third-order valence-electron chi connectivity index (χ3n) is 4.72. The lowest BCUT2D eigenvalue weighted by Gasteiger charge is -2.27. The number of anilines is 2. The van der Waals surface area contributed by atoms with Crippen molar-refractivity contribution in [2.75, 3.05) is 30.4 Å². The van der Waals surface area contributed by atoms with E-state index in [1.807, 2.05) is 25.4 Å². The molecule has 2 heterocycles. The summed E-state index contributed by atoms with van der Waals surface area (Å²) < 4.78 is 2.13. The van der Waals surface area contributed by atoms with Crippen LogP contribution in [0, 0.1) is 6.92 Å². The molecule has 0 atom stereocenters. The lowest BCUT2D eigenvalue weighted by molar-refractivity contribution is 0.252. The second-order valence-corrected chi connectivity index (χ2v) is 6.62. The van der Waals surface area contributed by atoms with Crippen molar-refractivity contribution in [1.82, 2.24) is 14.9 Å². The van der Waals surface area contributed by atoms with Gasteiger partial charge >= 0.3 is 6.03 Å². The van der Waals surface area contributed by atoms with Gasteiger partial charge in [-0.1, -0.05) is 0 Å². The SMILES string of the molecule is Cc1nccn1CCCCNC(=O)Nc1ccc2c(c1)CCCN2C. The third-order valence-corrected chi connectivity index (χ3v) is 4.72. The fraction of sp³-hybridized carbons (Fsp3) is 0.474. The molecule has 0 saturated carbocycles. The number of hydrogen-bond donors (Lipinski definition) is 2. The van der Waals surface area contributed by atoms with Crippen LogP contribution in [0.25, 0.3) is 0 Å². The van der Waals surface area contributed by atoms with Crippen LogP contribution in [0.3, 0.4) is 0 Å². The van der Waals surface area contributed by atoms with Crippen LogP contribution in [-0.4, -0.2) is 35.7 Å². The number of unbranched alkanes of at least 4 members (excludes halogenated alkanes) is 1. The van der Waals surface area contributed by atoms with Gasteiger partial charge in [0.25, 0.3) is 0 Å². The predicted octanol–water partition coefficient (Wildman–Crippen LogP) is 3.18. The zero-order chi connectivity index (χ0) is 17.6. The number of hydrogen-bond acceptors (Lipinski definition) is 3. The van der Waals surface area contributed by atoms with E-state index >= 15 is 0 Å². The molecular weight excluding hydrogens is 314 g/mol. The van der Waals surface area contributed by atoms with Gasteiger partial charge in [-0.05, 0) is 56.4 Å². The van der Waals surface area contributed by atoms with Crippen LogP contribution in [-0.2, 0) is 13.0 Å². The zero-order valence-corrected chi connectivity index (χ0v) is 15.1. The van der Waals surface area contributed by atoms with E-state index in [1.165, 1.54) is 11.3 Å². The minimum atomic E-state index is -0.136. The molecule has 0 bridgehead atoms. The van der Waals surface area contributed by atoms with Crippen molar-refractivity contribution in [3.05, 3.63) is 42.0 Å². The minimum absolute atomic E-state index is 0.136. The number of nitrogens with one attached hydrogen (secondary N) is 2. The van der Waals surface area contributed by atoms with Gasteiger partial charge in [0.2, 0.25) is 0 Å². The van der Waals surface area contributed by atoms with Crippen LogP contribution in [0.2, 0.25) is 0 Å². The van der Waals surface area contributed by atoms with Gasteiger partial charge in [0.1, 0.15) is 5.82 Å². The highest BCUT2D eigenvalue weighted by molar-refractivity contribution is 5.89. The van der Waals surface area contributed by atoms with Crippen molar-refractivity contribution in [2.45, 2.75) is 39.2 Å². The van der Waals surface area contributed by atoms with Gasteiger partial charge in [-0.3, -0.25) is 0 Å². The quantitative estimate of drug-likeness (QED) is 0.793. The number of amides is 2. The topological polar surface area (TPSA) is 62.2 Å². The first kappa shape index (κ1) is 17.3. The number of aryl methyl sites for hydroxylation is 3. The Labute approximate surface area is 149 Å². The zero-order valence-electron chi connectivity index (χ0n) is 15.1. The highest BCUT2D eigenvalue weighted by Crippen LogP contribution is 2.28. The molecule has 25 heavy (non-hydrogen) atoms. The number of carbonyl (C=O) groups is 1. The smallest absolute Gasteiger partial charge is 0.319 e. The highest BCUT2D eigenvalue weighted by Gasteiger charge is 2.14. The van der Waals surface area contributed by atoms with E-state index in [4.69, 9.17) is 0 Å². The summed E-state index contributed by atoms with van der Waals surface area (Å²) in [6.07, 6.45) is 8.00. The summed E-state index contributed by atoms with van der Waals surface area (Å²) >= 11 is 0. The van der Waals surface area contributed by atoms with Crippen molar-refractivity contribution < 1.29 is 4.79 Å². The van der Waals surface area contributed by atoms with Crippen LogP contribution < -0.4 is 15.5 Å². The Morgan fingerprint density at radius 3 is 3.00 bits per heavy atom. The van der Waals surface area contributed by atoms with Crippen molar-refractivity contribution in [3.63, 3.8) is 0 Å². The number of imidazole rings is 1. The number of aromatic nitrogens is 2. The van der Waals surface area contributed by atoms with Gasteiger partial charge < -0.3 is 20.1 Å². The Balaban J connectivity index is 1.40.